The normalized spacial score (nSPS) is 25.1. The van der Waals surface area contributed by atoms with Crippen LogP contribution in [0.5, 0.6) is 0 Å². The van der Waals surface area contributed by atoms with Gasteiger partial charge in [0.15, 0.2) is 0 Å². The predicted molar refractivity (Wildman–Crippen MR) is 77.0 cm³/mol. The van der Waals surface area contributed by atoms with Gasteiger partial charge in [-0.2, -0.15) is 5.10 Å². The highest BCUT2D eigenvalue weighted by Gasteiger charge is 2.36. The topological polar surface area (TPSA) is 34.9 Å². The number of fused-ring (bicyclic) bond motifs is 3. The Balaban J connectivity index is 1.71. The maximum Gasteiger partial charge on any atom is 0.133 e. The van der Waals surface area contributed by atoms with Gasteiger partial charge in [-0.1, -0.05) is 18.2 Å². The van der Waals surface area contributed by atoms with Crippen molar-refractivity contribution in [3.05, 3.63) is 47.8 Å². The number of rotatable bonds is 1. The molecule has 2 unspecified atom stereocenters. The van der Waals surface area contributed by atoms with Crippen molar-refractivity contribution >= 4 is 5.78 Å². The summed E-state index contributed by atoms with van der Waals surface area (Å²) in [5.41, 5.74) is 3.74. The molecule has 4 rings (SSSR count). The molecular weight excluding hydrogens is 248 g/mol. The number of carbonyl (C=O) groups excluding carboxylic acids is 1. The van der Waals surface area contributed by atoms with Crippen LogP contribution in [-0.2, 0) is 11.2 Å². The van der Waals surface area contributed by atoms with E-state index in [4.69, 9.17) is 5.10 Å². The third-order valence-electron chi connectivity index (χ3n) is 4.77. The average Bonchev–Trinajstić information content (AvgIpc) is 2.92. The lowest BCUT2D eigenvalue weighted by Gasteiger charge is -2.33. The molecule has 1 aromatic carbocycles. The molecule has 2 aliphatic rings. The molecule has 20 heavy (non-hydrogen) atoms. The molecule has 1 heterocycles. The molecule has 3 nitrogen and oxygen atoms in total. The van der Waals surface area contributed by atoms with E-state index in [-0.39, 0.29) is 0 Å². The molecule has 0 spiro atoms. The van der Waals surface area contributed by atoms with E-state index in [1.165, 1.54) is 11.3 Å². The SMILES string of the molecule is O=C1CCC2c3nn(-c4ccccc4)cc3CCC2C1. The van der Waals surface area contributed by atoms with Crippen LogP contribution in [0.15, 0.2) is 36.5 Å². The number of benzene rings is 1. The number of aryl methyl sites for hydroxylation is 1. The molecule has 0 bridgehead atoms. The lowest BCUT2D eigenvalue weighted by atomic mass is 9.70. The van der Waals surface area contributed by atoms with Gasteiger partial charge in [0.05, 0.1) is 11.4 Å². The maximum absolute atomic E-state index is 11.6. The standard InChI is InChI=1S/C17H18N2O/c20-15-8-9-16-12(10-15)6-7-13-11-19(18-17(13)16)14-4-2-1-3-5-14/h1-5,11-12,16H,6-10H2. The van der Waals surface area contributed by atoms with E-state index in [0.717, 1.165) is 37.8 Å². The van der Waals surface area contributed by atoms with E-state index in [1.54, 1.807) is 0 Å². The Morgan fingerprint density at radius 1 is 1.10 bits per heavy atom. The zero-order valence-electron chi connectivity index (χ0n) is 11.5. The summed E-state index contributed by atoms with van der Waals surface area (Å²) < 4.78 is 2.00. The molecule has 2 atom stereocenters. The molecule has 2 aromatic rings. The number of carbonyl (C=O) groups is 1. The van der Waals surface area contributed by atoms with Gasteiger partial charge in [-0.3, -0.25) is 4.79 Å². The van der Waals surface area contributed by atoms with Crippen molar-refractivity contribution < 1.29 is 4.79 Å². The van der Waals surface area contributed by atoms with Crippen LogP contribution in [0.1, 0.15) is 42.9 Å². The first kappa shape index (κ1) is 11.9. The minimum Gasteiger partial charge on any atom is -0.300 e. The van der Waals surface area contributed by atoms with Crippen molar-refractivity contribution in [3.8, 4) is 5.69 Å². The van der Waals surface area contributed by atoms with E-state index in [2.05, 4.69) is 18.3 Å². The minimum absolute atomic E-state index is 0.442. The van der Waals surface area contributed by atoms with Crippen LogP contribution in [0.4, 0.5) is 0 Å². The Hall–Kier alpha value is -1.90. The molecule has 1 aromatic heterocycles. The van der Waals surface area contributed by atoms with Gasteiger partial charge in [0.2, 0.25) is 0 Å². The van der Waals surface area contributed by atoms with Crippen molar-refractivity contribution in [2.24, 2.45) is 5.92 Å². The van der Waals surface area contributed by atoms with Gasteiger partial charge in [0.25, 0.3) is 0 Å². The number of Topliss-reactive ketones (excluding diaryl/α,β-unsaturated/α-hetero) is 1. The van der Waals surface area contributed by atoms with Crippen molar-refractivity contribution in [2.45, 2.75) is 38.0 Å². The van der Waals surface area contributed by atoms with Crippen LogP contribution in [0.2, 0.25) is 0 Å². The lowest BCUT2D eigenvalue weighted by molar-refractivity contribution is -0.122. The average molecular weight is 266 g/mol. The van der Waals surface area contributed by atoms with E-state index in [1.807, 2.05) is 22.9 Å². The Labute approximate surface area is 118 Å². The largest absolute Gasteiger partial charge is 0.300 e. The molecule has 1 fully saturated rings. The fourth-order valence-electron chi connectivity index (χ4n) is 3.73. The number of nitrogens with zero attached hydrogens (tertiary/aromatic N) is 2. The van der Waals surface area contributed by atoms with E-state index >= 15 is 0 Å². The van der Waals surface area contributed by atoms with Gasteiger partial charge in [-0.25, -0.2) is 4.68 Å². The fourth-order valence-corrected chi connectivity index (χ4v) is 3.73. The monoisotopic (exact) mass is 266 g/mol. The van der Waals surface area contributed by atoms with Gasteiger partial charge in [-0.05, 0) is 42.9 Å². The minimum atomic E-state index is 0.442. The van der Waals surface area contributed by atoms with Gasteiger partial charge >= 0.3 is 0 Å². The number of ketones is 1. The number of aromatic nitrogens is 2. The first-order chi connectivity index (χ1) is 9.81. The molecule has 2 aliphatic carbocycles. The summed E-state index contributed by atoms with van der Waals surface area (Å²) in [6.45, 7) is 0. The van der Waals surface area contributed by atoms with Crippen molar-refractivity contribution in [3.63, 3.8) is 0 Å². The molecule has 3 heteroatoms. The molecule has 0 aliphatic heterocycles. The second-order valence-corrected chi connectivity index (χ2v) is 6.01. The Kier molecular flexibility index (Phi) is 2.72. The zero-order chi connectivity index (χ0) is 13.5. The highest BCUT2D eigenvalue weighted by molar-refractivity contribution is 5.79. The first-order valence-electron chi connectivity index (χ1n) is 7.47. The van der Waals surface area contributed by atoms with Crippen LogP contribution in [0.25, 0.3) is 5.69 Å². The van der Waals surface area contributed by atoms with Gasteiger partial charge in [0, 0.05) is 25.0 Å². The van der Waals surface area contributed by atoms with Crippen LogP contribution >= 0.6 is 0 Å². The fraction of sp³-hybridized carbons (Fsp3) is 0.412. The number of hydrogen-bond acceptors (Lipinski definition) is 2. The molecular formula is C17H18N2O. The maximum atomic E-state index is 11.6. The molecule has 0 N–H and O–H groups in total. The van der Waals surface area contributed by atoms with E-state index in [9.17, 15) is 4.79 Å². The summed E-state index contributed by atoms with van der Waals surface area (Å²) >= 11 is 0. The van der Waals surface area contributed by atoms with E-state index < -0.39 is 0 Å². The first-order valence-corrected chi connectivity index (χ1v) is 7.47. The molecule has 0 amide bonds. The molecule has 102 valence electrons. The van der Waals surface area contributed by atoms with Crippen molar-refractivity contribution in [1.82, 2.24) is 9.78 Å². The van der Waals surface area contributed by atoms with Crippen molar-refractivity contribution in [2.75, 3.05) is 0 Å². The highest BCUT2D eigenvalue weighted by atomic mass is 16.1. The van der Waals surface area contributed by atoms with E-state index in [0.29, 0.717) is 17.6 Å². The summed E-state index contributed by atoms with van der Waals surface area (Å²) in [5, 5.41) is 4.84. The van der Waals surface area contributed by atoms with Gasteiger partial charge < -0.3 is 0 Å². The summed E-state index contributed by atoms with van der Waals surface area (Å²) in [6.07, 6.45) is 6.88. The molecule has 0 saturated heterocycles. The van der Waals surface area contributed by atoms with Crippen LogP contribution in [0.3, 0.4) is 0 Å². The lowest BCUT2D eigenvalue weighted by Crippen LogP contribution is -2.28. The summed E-state index contributed by atoms with van der Waals surface area (Å²) in [4.78, 5) is 11.6. The predicted octanol–water partition coefficient (Wildman–Crippen LogP) is 3.27. The second kappa shape index (κ2) is 4.58. The van der Waals surface area contributed by atoms with Gasteiger partial charge in [0.1, 0.15) is 5.78 Å². The quantitative estimate of drug-likeness (QED) is 0.794. The van der Waals surface area contributed by atoms with Crippen LogP contribution in [0, 0.1) is 5.92 Å². The number of para-hydroxylation sites is 1. The Morgan fingerprint density at radius 3 is 2.80 bits per heavy atom. The summed E-state index contributed by atoms with van der Waals surface area (Å²) in [5.74, 6) is 1.47. The van der Waals surface area contributed by atoms with Crippen LogP contribution < -0.4 is 0 Å². The van der Waals surface area contributed by atoms with Gasteiger partial charge in [-0.15, -0.1) is 0 Å². The summed E-state index contributed by atoms with van der Waals surface area (Å²) in [6, 6.07) is 10.3. The highest BCUT2D eigenvalue weighted by Crippen LogP contribution is 2.43. The number of hydrogen-bond donors (Lipinski definition) is 0. The Morgan fingerprint density at radius 2 is 1.95 bits per heavy atom. The molecule has 0 radical (unpaired) electrons. The second-order valence-electron chi connectivity index (χ2n) is 6.01. The molecule has 1 saturated carbocycles. The zero-order valence-corrected chi connectivity index (χ0v) is 11.5. The van der Waals surface area contributed by atoms with Crippen molar-refractivity contribution in [1.29, 1.82) is 0 Å². The smallest absolute Gasteiger partial charge is 0.133 e. The summed E-state index contributed by atoms with van der Waals surface area (Å²) in [7, 11) is 0. The Bertz CT molecular complexity index is 644. The third-order valence-corrected chi connectivity index (χ3v) is 4.77. The van der Waals surface area contributed by atoms with Crippen LogP contribution in [-0.4, -0.2) is 15.6 Å². The third kappa shape index (κ3) is 1.89.